The second kappa shape index (κ2) is 10.1. The molecule has 0 unspecified atom stereocenters. The van der Waals surface area contributed by atoms with Gasteiger partial charge in [0.15, 0.2) is 0 Å². The number of carbonyl (C=O) groups excluding carboxylic acids is 1. The van der Waals surface area contributed by atoms with Gasteiger partial charge in [0, 0.05) is 0 Å². The number of fused-ring (bicyclic) bond motifs is 1. The summed E-state index contributed by atoms with van der Waals surface area (Å²) in [5, 5.41) is 11.3. The predicted octanol–water partition coefficient (Wildman–Crippen LogP) is 4.51. The highest BCUT2D eigenvalue weighted by Crippen LogP contribution is 2.38. The second-order valence-corrected chi connectivity index (χ2v) is 10.0. The number of nitrogens with zero attached hydrogens (tertiary/aromatic N) is 2. The van der Waals surface area contributed by atoms with Gasteiger partial charge in [-0.25, -0.2) is 4.79 Å². The van der Waals surface area contributed by atoms with Crippen LogP contribution in [0.15, 0.2) is 46.8 Å². The highest BCUT2D eigenvalue weighted by molar-refractivity contribution is 7.07. The van der Waals surface area contributed by atoms with Gasteiger partial charge in [0.1, 0.15) is 10.5 Å². The van der Waals surface area contributed by atoms with Crippen molar-refractivity contribution in [3.8, 4) is 6.07 Å². The molecule has 3 aromatic rings. The third kappa shape index (κ3) is 4.61. The van der Waals surface area contributed by atoms with E-state index in [0.29, 0.717) is 26.2 Å². The first-order chi connectivity index (χ1) is 16.7. The molecule has 0 saturated carbocycles. The molecule has 1 aliphatic rings. The fourth-order valence-corrected chi connectivity index (χ4v) is 5.51. The second-order valence-electron chi connectivity index (χ2n) is 7.38. The van der Waals surface area contributed by atoms with E-state index in [9.17, 15) is 14.9 Å². The van der Waals surface area contributed by atoms with Crippen molar-refractivity contribution in [3.05, 3.63) is 92.7 Å². The minimum atomic E-state index is -0.912. The summed E-state index contributed by atoms with van der Waals surface area (Å²) in [6, 6.07) is 11.7. The maximum atomic E-state index is 13.4. The van der Waals surface area contributed by atoms with Crippen molar-refractivity contribution in [2.75, 3.05) is 6.61 Å². The van der Waals surface area contributed by atoms with E-state index in [1.165, 1.54) is 0 Å². The van der Waals surface area contributed by atoms with E-state index < -0.39 is 17.4 Å². The number of esters is 1. The summed E-state index contributed by atoms with van der Waals surface area (Å²) in [5.74, 6) is -1.67. The molecule has 0 fully saturated rings. The van der Waals surface area contributed by atoms with Gasteiger partial charge in [-0.3, -0.25) is 9.36 Å². The van der Waals surface area contributed by atoms with E-state index in [1.807, 2.05) is 0 Å². The van der Waals surface area contributed by atoms with Crippen LogP contribution in [0.4, 0.5) is 0 Å². The number of hydrogen-bond donors (Lipinski definition) is 1. The van der Waals surface area contributed by atoms with Gasteiger partial charge in [0.05, 0.1) is 54.4 Å². The molecule has 6 nitrogen and oxygen atoms in total. The fraction of sp³-hybridized carbons (Fsp3) is 0.125. The van der Waals surface area contributed by atoms with Crippen LogP contribution in [0.1, 0.15) is 24.0 Å². The quantitative estimate of drug-likeness (QED) is 0.468. The standard InChI is InChI=1S/C24H15Cl4N3O3S/c1-2-34-24(33)20-19(12-4-6-15(26)17(28)9-12)13(10-29)21(30)31-22(32)18(35-23(20)31)8-11-3-5-14(25)16(27)7-11/h3-9,19H,2,30H2,1H3/b18-8+/t19-/m0/s1. The van der Waals surface area contributed by atoms with Crippen molar-refractivity contribution >= 4 is 81.2 Å². The van der Waals surface area contributed by atoms with E-state index in [-0.39, 0.29) is 37.8 Å². The number of ether oxygens (including phenoxy) is 1. The summed E-state index contributed by atoms with van der Waals surface area (Å²) in [4.78, 5) is 26.5. The van der Waals surface area contributed by atoms with Crippen molar-refractivity contribution < 1.29 is 9.53 Å². The van der Waals surface area contributed by atoms with E-state index in [0.717, 1.165) is 15.9 Å². The van der Waals surface area contributed by atoms with Crippen LogP contribution in [-0.4, -0.2) is 17.1 Å². The van der Waals surface area contributed by atoms with Gasteiger partial charge < -0.3 is 10.5 Å². The normalized spacial score (nSPS) is 15.7. The molecule has 2 aromatic carbocycles. The number of nitrogens with two attached hydrogens (primary N) is 1. The van der Waals surface area contributed by atoms with Crippen LogP contribution in [0.25, 0.3) is 17.5 Å². The smallest absolute Gasteiger partial charge is 0.338 e. The first-order valence-electron chi connectivity index (χ1n) is 10.1. The largest absolute Gasteiger partial charge is 0.463 e. The Balaban J connectivity index is 2.09. The Morgan fingerprint density at radius 2 is 1.80 bits per heavy atom. The lowest BCUT2D eigenvalue weighted by Crippen LogP contribution is -2.40. The van der Waals surface area contributed by atoms with Crippen LogP contribution in [0, 0.1) is 11.3 Å². The summed E-state index contributed by atoms with van der Waals surface area (Å²) < 4.78 is 7.00. The number of nitriles is 1. The average Bonchev–Trinajstić information content (AvgIpc) is 3.14. The maximum absolute atomic E-state index is 13.4. The Bertz CT molecular complexity index is 1630. The third-order valence-electron chi connectivity index (χ3n) is 5.28. The first kappa shape index (κ1) is 25.4. The minimum Gasteiger partial charge on any atom is -0.463 e. The van der Waals surface area contributed by atoms with E-state index >= 15 is 0 Å². The predicted molar refractivity (Wildman–Crippen MR) is 140 cm³/mol. The Morgan fingerprint density at radius 1 is 1.14 bits per heavy atom. The lowest BCUT2D eigenvalue weighted by atomic mass is 9.84. The number of aromatic nitrogens is 1. The zero-order chi connectivity index (χ0) is 25.4. The molecule has 1 aliphatic heterocycles. The van der Waals surface area contributed by atoms with Gasteiger partial charge in [0.25, 0.3) is 5.56 Å². The molecule has 2 heterocycles. The molecule has 1 atom stereocenters. The number of rotatable bonds is 4. The summed E-state index contributed by atoms with van der Waals surface area (Å²) in [6.45, 7) is 1.76. The number of carbonyl (C=O) groups is 1. The molecule has 0 amide bonds. The molecule has 0 spiro atoms. The zero-order valence-electron chi connectivity index (χ0n) is 17.9. The molecule has 0 saturated heterocycles. The number of thiazole rings is 1. The van der Waals surface area contributed by atoms with Gasteiger partial charge in [-0.1, -0.05) is 58.5 Å². The van der Waals surface area contributed by atoms with Crippen molar-refractivity contribution in [2.45, 2.75) is 12.8 Å². The minimum absolute atomic E-state index is 0.0138. The SMILES string of the molecule is CCOC(=O)C1=c2s/c(=C/c3ccc(Cl)c(Cl)c3)c(=O)n2C(N)=C(C#N)[C@@H]1c1ccc(Cl)c(Cl)c1. The van der Waals surface area contributed by atoms with Crippen molar-refractivity contribution in [3.63, 3.8) is 0 Å². The van der Waals surface area contributed by atoms with Crippen LogP contribution in [0.3, 0.4) is 0 Å². The topological polar surface area (TPSA) is 98.1 Å². The third-order valence-corrected chi connectivity index (χ3v) is 7.87. The van der Waals surface area contributed by atoms with Crippen LogP contribution in [0.2, 0.25) is 20.1 Å². The number of benzene rings is 2. The zero-order valence-corrected chi connectivity index (χ0v) is 21.8. The number of allylic oxidation sites excluding steroid dienone is 1. The van der Waals surface area contributed by atoms with Crippen molar-refractivity contribution in [1.82, 2.24) is 4.57 Å². The fourth-order valence-electron chi connectivity index (χ4n) is 3.73. The van der Waals surface area contributed by atoms with Gasteiger partial charge in [0.2, 0.25) is 0 Å². The molecule has 2 N–H and O–H groups in total. The molecule has 11 heteroatoms. The Labute approximate surface area is 223 Å². The number of halogens is 4. The lowest BCUT2D eigenvalue weighted by Gasteiger charge is -2.25. The molecule has 35 heavy (non-hydrogen) atoms. The maximum Gasteiger partial charge on any atom is 0.338 e. The van der Waals surface area contributed by atoms with E-state index in [2.05, 4.69) is 6.07 Å². The van der Waals surface area contributed by atoms with Crippen LogP contribution in [0.5, 0.6) is 0 Å². The average molecular weight is 567 g/mol. The summed E-state index contributed by atoms with van der Waals surface area (Å²) in [5.41, 5.74) is 7.09. The monoisotopic (exact) mass is 565 g/mol. The van der Waals surface area contributed by atoms with Gasteiger partial charge >= 0.3 is 5.97 Å². The highest BCUT2D eigenvalue weighted by Gasteiger charge is 2.36. The summed E-state index contributed by atoms with van der Waals surface area (Å²) in [7, 11) is 0. The van der Waals surface area contributed by atoms with Gasteiger partial charge in [-0.2, -0.15) is 5.26 Å². The van der Waals surface area contributed by atoms with Gasteiger partial charge in [-0.05, 0) is 48.4 Å². The lowest BCUT2D eigenvalue weighted by molar-refractivity contribution is -0.136. The van der Waals surface area contributed by atoms with Crippen molar-refractivity contribution in [2.24, 2.45) is 5.73 Å². The molecular formula is C24H15Cl4N3O3S. The Morgan fingerprint density at radius 3 is 2.40 bits per heavy atom. The molecule has 178 valence electrons. The highest BCUT2D eigenvalue weighted by atomic mass is 35.5. The summed E-state index contributed by atoms with van der Waals surface area (Å²) >= 11 is 25.5. The number of hydrogen-bond acceptors (Lipinski definition) is 6. The molecule has 1 aromatic heterocycles. The van der Waals surface area contributed by atoms with E-state index in [4.69, 9.17) is 56.9 Å². The van der Waals surface area contributed by atoms with Crippen LogP contribution < -0.4 is 20.5 Å². The van der Waals surface area contributed by atoms with Crippen LogP contribution >= 0.6 is 57.7 Å². The molecule has 0 radical (unpaired) electrons. The Kier molecular flexibility index (Phi) is 7.32. The van der Waals surface area contributed by atoms with Crippen LogP contribution in [-0.2, 0) is 9.53 Å². The summed E-state index contributed by atoms with van der Waals surface area (Å²) in [6.07, 6.45) is 1.61. The molecule has 4 rings (SSSR count). The van der Waals surface area contributed by atoms with Gasteiger partial charge in [-0.15, -0.1) is 11.3 Å². The van der Waals surface area contributed by atoms with E-state index in [1.54, 1.807) is 49.4 Å². The molecule has 0 bridgehead atoms. The van der Waals surface area contributed by atoms with Crippen molar-refractivity contribution in [1.29, 1.82) is 5.26 Å². The molecule has 0 aliphatic carbocycles. The molecular weight excluding hydrogens is 552 g/mol. The first-order valence-corrected chi connectivity index (χ1v) is 12.5. The Hall–Kier alpha value is -2.73.